The van der Waals surface area contributed by atoms with E-state index in [0.717, 1.165) is 32.1 Å². The molecule has 1 N–H and O–H groups in total. The van der Waals surface area contributed by atoms with Gasteiger partial charge in [-0.05, 0) is 61.7 Å². The zero-order valence-electron chi connectivity index (χ0n) is 20.0. The van der Waals surface area contributed by atoms with Crippen molar-refractivity contribution in [3.63, 3.8) is 0 Å². The number of rotatable bonds is 7. The molecule has 31 heavy (non-hydrogen) atoms. The Labute approximate surface area is 188 Å². The van der Waals surface area contributed by atoms with Crippen LogP contribution in [0.2, 0.25) is 0 Å². The van der Waals surface area contributed by atoms with E-state index in [1.54, 1.807) is 0 Å². The van der Waals surface area contributed by atoms with E-state index in [2.05, 4.69) is 32.9 Å². The quantitative estimate of drug-likeness (QED) is 0.455. The van der Waals surface area contributed by atoms with Crippen LogP contribution in [0, 0.1) is 41.4 Å². The number of hydrogen-bond acceptors (Lipinski definition) is 5. The molecule has 0 amide bonds. The largest absolute Gasteiger partial charge is 0.462 e. The first-order chi connectivity index (χ1) is 14.7. The molecular formula is C26H42O5. The van der Waals surface area contributed by atoms with E-state index in [1.165, 1.54) is 0 Å². The smallest absolute Gasteiger partial charge is 0.308 e. The SMILES string of the molecule is CC[C@H](C)C(=O)O[C@H]1C[C@@H](C)C[C@@H]2C=C[C@H](C(C)C)[C@H](CC[C@@H]3C[C@@H](O)CC(=O)O3)[C@@H]12. The standard InChI is InChI=1S/C26H42O5/c1-6-17(5)26(29)31-23-12-16(4)11-18-7-9-21(15(2)3)22(25(18)23)10-8-20-13-19(27)14-24(28)30-20/h7,9,15-23,25,27H,6,8,10-14H2,1-5H3/t16-,17-,18-,19+,20+,21+,22-,23-,25-/m0/s1. The van der Waals surface area contributed by atoms with Gasteiger partial charge in [-0.15, -0.1) is 0 Å². The van der Waals surface area contributed by atoms with E-state index in [1.807, 2.05) is 13.8 Å². The van der Waals surface area contributed by atoms with Gasteiger partial charge in [0.05, 0.1) is 18.4 Å². The van der Waals surface area contributed by atoms with Crippen molar-refractivity contribution >= 4 is 11.9 Å². The molecule has 1 aliphatic heterocycles. The first kappa shape index (κ1) is 24.3. The highest BCUT2D eigenvalue weighted by atomic mass is 16.5. The molecule has 176 valence electrons. The Morgan fingerprint density at radius 3 is 2.58 bits per heavy atom. The number of carbonyl (C=O) groups excluding carboxylic acids is 2. The van der Waals surface area contributed by atoms with Crippen LogP contribution < -0.4 is 0 Å². The van der Waals surface area contributed by atoms with Crippen molar-refractivity contribution in [3.8, 4) is 0 Å². The normalized spacial score (nSPS) is 39.0. The van der Waals surface area contributed by atoms with Crippen LogP contribution in [0.5, 0.6) is 0 Å². The molecule has 2 aliphatic carbocycles. The number of hydrogen-bond donors (Lipinski definition) is 1. The van der Waals surface area contributed by atoms with E-state index < -0.39 is 6.10 Å². The average Bonchev–Trinajstić information content (AvgIpc) is 2.69. The van der Waals surface area contributed by atoms with Gasteiger partial charge in [0.25, 0.3) is 0 Å². The highest BCUT2D eigenvalue weighted by Crippen LogP contribution is 2.49. The summed E-state index contributed by atoms with van der Waals surface area (Å²) in [7, 11) is 0. The third-order valence-corrected chi connectivity index (χ3v) is 7.91. The lowest BCUT2D eigenvalue weighted by Crippen LogP contribution is -2.47. The van der Waals surface area contributed by atoms with Crippen molar-refractivity contribution in [2.24, 2.45) is 41.4 Å². The van der Waals surface area contributed by atoms with Crippen LogP contribution >= 0.6 is 0 Å². The van der Waals surface area contributed by atoms with Crippen LogP contribution in [0.25, 0.3) is 0 Å². The minimum absolute atomic E-state index is 0.0500. The summed E-state index contributed by atoms with van der Waals surface area (Å²) < 4.78 is 11.7. The summed E-state index contributed by atoms with van der Waals surface area (Å²) in [5.41, 5.74) is 0. The summed E-state index contributed by atoms with van der Waals surface area (Å²) >= 11 is 0. The topological polar surface area (TPSA) is 72.8 Å². The Balaban J connectivity index is 1.79. The second-order valence-electron chi connectivity index (χ2n) is 10.8. The van der Waals surface area contributed by atoms with Gasteiger partial charge >= 0.3 is 11.9 Å². The number of allylic oxidation sites excluding steroid dienone is 2. The summed E-state index contributed by atoms with van der Waals surface area (Å²) in [4.78, 5) is 24.5. The molecule has 0 bridgehead atoms. The lowest BCUT2D eigenvalue weighted by Gasteiger charge is -2.49. The van der Waals surface area contributed by atoms with Gasteiger partial charge in [0.2, 0.25) is 0 Å². The fraction of sp³-hybridized carbons (Fsp3) is 0.846. The zero-order valence-corrected chi connectivity index (χ0v) is 20.0. The number of ether oxygens (including phenoxy) is 2. The molecule has 3 aliphatic rings. The van der Waals surface area contributed by atoms with Crippen molar-refractivity contribution in [1.82, 2.24) is 0 Å². The number of carbonyl (C=O) groups is 2. The molecular weight excluding hydrogens is 392 g/mol. The Morgan fingerprint density at radius 1 is 1.19 bits per heavy atom. The fourth-order valence-electron chi connectivity index (χ4n) is 6.09. The van der Waals surface area contributed by atoms with Crippen molar-refractivity contribution < 1.29 is 24.2 Å². The van der Waals surface area contributed by atoms with Crippen LogP contribution in [0.3, 0.4) is 0 Å². The summed E-state index contributed by atoms with van der Waals surface area (Å²) in [6.07, 6.45) is 9.09. The van der Waals surface area contributed by atoms with E-state index in [0.29, 0.717) is 41.9 Å². The zero-order chi connectivity index (χ0) is 22.7. The van der Waals surface area contributed by atoms with Gasteiger partial charge < -0.3 is 14.6 Å². The molecule has 1 saturated carbocycles. The van der Waals surface area contributed by atoms with Gasteiger partial charge in [0, 0.05) is 12.3 Å². The van der Waals surface area contributed by atoms with Gasteiger partial charge in [0.15, 0.2) is 0 Å². The summed E-state index contributed by atoms with van der Waals surface area (Å²) in [6.45, 7) is 10.8. The second kappa shape index (κ2) is 10.5. The molecule has 1 saturated heterocycles. The minimum Gasteiger partial charge on any atom is -0.462 e. The second-order valence-corrected chi connectivity index (χ2v) is 10.8. The van der Waals surface area contributed by atoms with Crippen LogP contribution in [-0.4, -0.2) is 35.4 Å². The number of cyclic esters (lactones) is 1. The molecule has 2 fully saturated rings. The molecule has 0 radical (unpaired) electrons. The van der Waals surface area contributed by atoms with Gasteiger partial charge in [-0.1, -0.05) is 46.8 Å². The Hall–Kier alpha value is -1.36. The lowest BCUT2D eigenvalue weighted by atomic mass is 9.58. The van der Waals surface area contributed by atoms with E-state index >= 15 is 0 Å². The number of aliphatic hydroxyl groups is 1. The average molecular weight is 435 g/mol. The molecule has 0 aromatic carbocycles. The Bertz CT molecular complexity index is 656. The van der Waals surface area contributed by atoms with E-state index in [-0.39, 0.29) is 36.5 Å². The summed E-state index contributed by atoms with van der Waals surface area (Å²) in [5, 5.41) is 9.99. The highest BCUT2D eigenvalue weighted by molar-refractivity contribution is 5.72. The predicted molar refractivity (Wildman–Crippen MR) is 120 cm³/mol. The fourth-order valence-corrected chi connectivity index (χ4v) is 6.09. The van der Waals surface area contributed by atoms with Gasteiger partial charge in [-0.2, -0.15) is 0 Å². The summed E-state index contributed by atoms with van der Waals surface area (Å²) in [5.74, 6) is 2.13. The van der Waals surface area contributed by atoms with E-state index in [4.69, 9.17) is 9.47 Å². The molecule has 9 atom stereocenters. The molecule has 0 spiro atoms. The molecule has 0 aromatic heterocycles. The molecule has 0 unspecified atom stereocenters. The lowest BCUT2D eigenvalue weighted by molar-refractivity contribution is -0.166. The van der Waals surface area contributed by atoms with Crippen molar-refractivity contribution in [3.05, 3.63) is 12.2 Å². The molecule has 0 aromatic rings. The maximum Gasteiger partial charge on any atom is 0.308 e. The number of aliphatic hydroxyl groups excluding tert-OH is 1. The van der Waals surface area contributed by atoms with Crippen molar-refractivity contribution in [2.45, 2.75) is 97.9 Å². The van der Waals surface area contributed by atoms with E-state index in [9.17, 15) is 14.7 Å². The molecule has 1 heterocycles. The Morgan fingerprint density at radius 2 is 1.94 bits per heavy atom. The molecule has 5 heteroatoms. The predicted octanol–water partition coefficient (Wildman–Crippen LogP) is 4.91. The van der Waals surface area contributed by atoms with Gasteiger partial charge in [0.1, 0.15) is 12.2 Å². The monoisotopic (exact) mass is 434 g/mol. The third kappa shape index (κ3) is 5.91. The number of fused-ring (bicyclic) bond motifs is 1. The first-order valence-corrected chi connectivity index (χ1v) is 12.5. The van der Waals surface area contributed by atoms with Gasteiger partial charge in [-0.3, -0.25) is 9.59 Å². The van der Waals surface area contributed by atoms with Crippen LogP contribution in [0.4, 0.5) is 0 Å². The van der Waals surface area contributed by atoms with Crippen LogP contribution in [0.15, 0.2) is 12.2 Å². The molecule has 3 rings (SSSR count). The third-order valence-electron chi connectivity index (χ3n) is 7.91. The van der Waals surface area contributed by atoms with Crippen molar-refractivity contribution in [1.29, 1.82) is 0 Å². The minimum atomic E-state index is -0.592. The maximum absolute atomic E-state index is 12.7. The highest BCUT2D eigenvalue weighted by Gasteiger charge is 2.47. The summed E-state index contributed by atoms with van der Waals surface area (Å²) in [6, 6.07) is 0. The van der Waals surface area contributed by atoms with Crippen LogP contribution in [-0.2, 0) is 19.1 Å². The Kier molecular flexibility index (Phi) is 8.23. The first-order valence-electron chi connectivity index (χ1n) is 12.5. The number of esters is 2. The van der Waals surface area contributed by atoms with Gasteiger partial charge in [-0.25, -0.2) is 0 Å². The maximum atomic E-state index is 12.7. The molecule has 5 nitrogen and oxygen atoms in total. The van der Waals surface area contributed by atoms with Crippen LogP contribution in [0.1, 0.15) is 79.6 Å². The van der Waals surface area contributed by atoms with Crippen molar-refractivity contribution in [2.75, 3.05) is 0 Å².